The van der Waals surface area contributed by atoms with Gasteiger partial charge in [-0.3, -0.25) is 0 Å². The molecule has 126 valence electrons. The predicted molar refractivity (Wildman–Crippen MR) is 90.1 cm³/mol. The van der Waals surface area contributed by atoms with Crippen LogP contribution in [0.5, 0.6) is 0 Å². The van der Waals surface area contributed by atoms with E-state index in [1.54, 1.807) is 4.90 Å². The summed E-state index contributed by atoms with van der Waals surface area (Å²) in [5, 5.41) is 0. The Morgan fingerprint density at radius 3 is 2.61 bits per heavy atom. The summed E-state index contributed by atoms with van der Waals surface area (Å²) >= 11 is 0. The molecule has 0 aromatic heterocycles. The fourth-order valence-corrected chi connectivity index (χ4v) is 3.14. The topological polar surface area (TPSA) is 46.6 Å². The molecule has 1 aliphatic rings. The Bertz CT molecular complexity index is 521. The van der Waals surface area contributed by atoms with Crippen LogP contribution in [0.15, 0.2) is 30.3 Å². The first-order valence-corrected chi connectivity index (χ1v) is 8.39. The molecular weight excluding hydrogens is 290 g/mol. The molecule has 0 spiro atoms. The summed E-state index contributed by atoms with van der Waals surface area (Å²) in [7, 11) is 0. The lowest BCUT2D eigenvalue weighted by Gasteiger charge is -2.37. The summed E-state index contributed by atoms with van der Waals surface area (Å²) in [5.74, 6) is 0. The molecule has 1 amide bonds. The van der Waals surface area contributed by atoms with Crippen molar-refractivity contribution in [2.75, 3.05) is 6.54 Å². The molecule has 1 saturated heterocycles. The number of piperidine rings is 1. The number of benzene rings is 1. The maximum atomic E-state index is 12.7. The summed E-state index contributed by atoms with van der Waals surface area (Å²) < 4.78 is 5.89. The number of nitrogens with zero attached hydrogens (tertiary/aromatic N) is 1. The molecule has 1 aromatic rings. The van der Waals surface area contributed by atoms with E-state index in [4.69, 9.17) is 4.74 Å². The number of hydrogen-bond donors (Lipinski definition) is 0. The van der Waals surface area contributed by atoms with Gasteiger partial charge in [-0.05, 0) is 24.8 Å². The van der Waals surface area contributed by atoms with Crippen LogP contribution in [0.25, 0.3) is 0 Å². The van der Waals surface area contributed by atoms with E-state index in [9.17, 15) is 9.59 Å². The molecule has 0 N–H and O–H groups in total. The molecule has 2 rings (SSSR count). The van der Waals surface area contributed by atoms with E-state index < -0.39 is 0 Å². The van der Waals surface area contributed by atoms with E-state index in [-0.39, 0.29) is 23.7 Å². The third kappa shape index (κ3) is 4.57. The highest BCUT2D eigenvalue weighted by molar-refractivity contribution is 5.69. The van der Waals surface area contributed by atoms with Crippen LogP contribution in [-0.2, 0) is 9.53 Å². The molecular formula is C19H27NO3. The standard InChI is InChI=1S/C19H27NO3/c1-19(2,3)17(15-9-5-4-6-10-15)23-18(22)20-13-8-7-11-16(20)12-14-21/h4-6,9-10,14,16-17H,7-8,11-13H2,1-3H3. The van der Waals surface area contributed by atoms with Crippen LogP contribution in [-0.4, -0.2) is 29.9 Å². The van der Waals surface area contributed by atoms with Gasteiger partial charge in [0.1, 0.15) is 12.4 Å². The first-order valence-electron chi connectivity index (χ1n) is 8.39. The Hall–Kier alpha value is -1.84. The number of carbonyl (C=O) groups excluding carboxylic acids is 2. The van der Waals surface area contributed by atoms with Gasteiger partial charge in [0.25, 0.3) is 0 Å². The van der Waals surface area contributed by atoms with Crippen LogP contribution in [0, 0.1) is 5.41 Å². The third-order valence-corrected chi connectivity index (χ3v) is 4.34. The molecule has 0 bridgehead atoms. The number of carbonyl (C=O) groups is 2. The largest absolute Gasteiger partial charge is 0.441 e. The molecule has 23 heavy (non-hydrogen) atoms. The lowest BCUT2D eigenvalue weighted by atomic mass is 9.84. The second-order valence-corrected chi connectivity index (χ2v) is 7.29. The Balaban J connectivity index is 2.15. The van der Waals surface area contributed by atoms with Gasteiger partial charge >= 0.3 is 6.09 Å². The summed E-state index contributed by atoms with van der Waals surface area (Å²) in [6, 6.07) is 9.82. The molecule has 1 aliphatic heterocycles. The van der Waals surface area contributed by atoms with Crippen molar-refractivity contribution in [3.05, 3.63) is 35.9 Å². The van der Waals surface area contributed by atoms with E-state index in [2.05, 4.69) is 20.8 Å². The molecule has 4 nitrogen and oxygen atoms in total. The number of amides is 1. The number of likely N-dealkylation sites (tertiary alicyclic amines) is 1. The van der Waals surface area contributed by atoms with E-state index in [0.717, 1.165) is 31.1 Å². The molecule has 4 heteroatoms. The number of rotatable bonds is 4. The summed E-state index contributed by atoms with van der Waals surface area (Å²) in [5.41, 5.74) is 0.796. The molecule has 2 atom stereocenters. The Morgan fingerprint density at radius 2 is 2.00 bits per heavy atom. The minimum Gasteiger partial charge on any atom is -0.441 e. The second kappa shape index (κ2) is 7.62. The summed E-state index contributed by atoms with van der Waals surface area (Å²) in [6.45, 7) is 6.87. The van der Waals surface area contributed by atoms with Gasteiger partial charge in [0.05, 0.1) is 0 Å². The van der Waals surface area contributed by atoms with E-state index in [1.165, 1.54) is 0 Å². The van der Waals surface area contributed by atoms with Crippen molar-refractivity contribution in [1.82, 2.24) is 4.90 Å². The molecule has 0 radical (unpaired) electrons. The van der Waals surface area contributed by atoms with Crippen molar-refractivity contribution in [3.63, 3.8) is 0 Å². The van der Waals surface area contributed by atoms with Gasteiger partial charge in [0, 0.05) is 24.4 Å². The summed E-state index contributed by atoms with van der Waals surface area (Å²) in [4.78, 5) is 25.3. The van der Waals surface area contributed by atoms with Gasteiger partial charge in [0.15, 0.2) is 0 Å². The van der Waals surface area contributed by atoms with Crippen LogP contribution in [0.3, 0.4) is 0 Å². The van der Waals surface area contributed by atoms with Crippen LogP contribution in [0.4, 0.5) is 4.79 Å². The number of aldehydes is 1. The minimum absolute atomic E-state index is 0.0230. The monoisotopic (exact) mass is 317 g/mol. The van der Waals surface area contributed by atoms with Gasteiger partial charge in [-0.25, -0.2) is 4.79 Å². The van der Waals surface area contributed by atoms with E-state index >= 15 is 0 Å². The SMILES string of the molecule is CC(C)(C)C(OC(=O)N1CCCCC1CC=O)c1ccccc1. The molecule has 0 aliphatic carbocycles. The minimum atomic E-state index is -0.310. The smallest absolute Gasteiger partial charge is 0.410 e. The maximum absolute atomic E-state index is 12.7. The van der Waals surface area contributed by atoms with Crippen molar-refractivity contribution in [3.8, 4) is 0 Å². The lowest BCUT2D eigenvalue weighted by molar-refractivity contribution is -0.109. The second-order valence-electron chi connectivity index (χ2n) is 7.29. The van der Waals surface area contributed by atoms with E-state index in [0.29, 0.717) is 13.0 Å². The molecule has 1 heterocycles. The van der Waals surface area contributed by atoms with Crippen LogP contribution < -0.4 is 0 Å². The van der Waals surface area contributed by atoms with Crippen molar-refractivity contribution in [2.45, 2.75) is 58.6 Å². The van der Waals surface area contributed by atoms with Gasteiger partial charge in [-0.2, -0.15) is 0 Å². The highest BCUT2D eigenvalue weighted by Gasteiger charge is 2.34. The third-order valence-electron chi connectivity index (χ3n) is 4.34. The normalized spacial score (nSPS) is 20.0. The first kappa shape index (κ1) is 17.5. The van der Waals surface area contributed by atoms with Crippen LogP contribution >= 0.6 is 0 Å². The van der Waals surface area contributed by atoms with Crippen molar-refractivity contribution >= 4 is 12.4 Å². The zero-order valence-electron chi connectivity index (χ0n) is 14.3. The van der Waals surface area contributed by atoms with E-state index in [1.807, 2.05) is 30.3 Å². The average Bonchev–Trinajstić information content (AvgIpc) is 2.53. The zero-order valence-corrected chi connectivity index (χ0v) is 14.3. The zero-order chi connectivity index (χ0) is 16.9. The molecule has 0 saturated carbocycles. The summed E-state index contributed by atoms with van der Waals surface area (Å²) in [6.07, 6.45) is 3.57. The van der Waals surface area contributed by atoms with Crippen molar-refractivity contribution < 1.29 is 14.3 Å². The fraction of sp³-hybridized carbons (Fsp3) is 0.579. The molecule has 1 aromatic carbocycles. The van der Waals surface area contributed by atoms with Crippen molar-refractivity contribution in [2.24, 2.45) is 5.41 Å². The molecule has 2 unspecified atom stereocenters. The van der Waals surface area contributed by atoms with Crippen molar-refractivity contribution in [1.29, 1.82) is 0 Å². The Kier molecular flexibility index (Phi) is 5.80. The highest BCUT2D eigenvalue weighted by atomic mass is 16.6. The Labute approximate surface area is 138 Å². The fourth-order valence-electron chi connectivity index (χ4n) is 3.14. The number of ether oxygens (including phenoxy) is 1. The van der Waals surface area contributed by atoms with Gasteiger partial charge in [-0.15, -0.1) is 0 Å². The maximum Gasteiger partial charge on any atom is 0.410 e. The average molecular weight is 317 g/mol. The first-order chi connectivity index (χ1) is 10.9. The lowest BCUT2D eigenvalue weighted by Crippen LogP contribution is -2.45. The van der Waals surface area contributed by atoms with Crippen LogP contribution in [0.2, 0.25) is 0 Å². The molecule has 1 fully saturated rings. The number of hydrogen-bond acceptors (Lipinski definition) is 3. The van der Waals surface area contributed by atoms with Gasteiger partial charge in [-0.1, -0.05) is 51.1 Å². The van der Waals surface area contributed by atoms with Gasteiger partial charge in [0.2, 0.25) is 0 Å². The predicted octanol–water partition coefficient (Wildman–Crippen LogP) is 4.35. The van der Waals surface area contributed by atoms with Gasteiger partial charge < -0.3 is 14.4 Å². The Morgan fingerprint density at radius 1 is 1.30 bits per heavy atom. The quantitative estimate of drug-likeness (QED) is 0.775. The van der Waals surface area contributed by atoms with Crippen LogP contribution in [0.1, 0.15) is 58.1 Å². The highest BCUT2D eigenvalue weighted by Crippen LogP contribution is 2.37.